The number of allylic oxidation sites excluding steroid dienone is 4. The van der Waals surface area contributed by atoms with Gasteiger partial charge < -0.3 is 4.74 Å². The van der Waals surface area contributed by atoms with Crippen molar-refractivity contribution in [1.29, 1.82) is 0 Å². The molecule has 1 aliphatic carbocycles. The van der Waals surface area contributed by atoms with Crippen LogP contribution in [-0.2, 0) is 5.41 Å². The van der Waals surface area contributed by atoms with E-state index in [1.165, 1.54) is 22.3 Å². The van der Waals surface area contributed by atoms with E-state index >= 15 is 0 Å². The second kappa shape index (κ2) is 6.09. The third-order valence-electron chi connectivity index (χ3n) is 4.19. The summed E-state index contributed by atoms with van der Waals surface area (Å²) in [5.41, 5.74) is 5.51. The van der Waals surface area contributed by atoms with Crippen molar-refractivity contribution in [1.82, 2.24) is 0 Å². The molecule has 114 valence electrons. The lowest BCUT2D eigenvalue weighted by atomic mass is 9.81. The Balaban J connectivity index is 2.42. The average molecular weight is 284 g/mol. The van der Waals surface area contributed by atoms with Gasteiger partial charge in [-0.05, 0) is 36.7 Å². The highest BCUT2D eigenvalue weighted by atomic mass is 16.5. The maximum Gasteiger partial charge on any atom is 0.126 e. The van der Waals surface area contributed by atoms with Crippen molar-refractivity contribution in [3.63, 3.8) is 0 Å². The number of methoxy groups -OCH3 is 1. The van der Waals surface area contributed by atoms with E-state index in [4.69, 9.17) is 4.74 Å². The lowest BCUT2D eigenvalue weighted by Crippen LogP contribution is -2.15. The summed E-state index contributed by atoms with van der Waals surface area (Å²) in [6, 6.07) is 4.56. The zero-order valence-corrected chi connectivity index (χ0v) is 14.3. The molecule has 1 atom stereocenters. The highest BCUT2D eigenvalue weighted by molar-refractivity contribution is 5.49. The van der Waals surface area contributed by atoms with Crippen LogP contribution >= 0.6 is 0 Å². The molecule has 0 spiro atoms. The van der Waals surface area contributed by atoms with Gasteiger partial charge in [0.25, 0.3) is 0 Å². The molecular formula is C20H28O. The van der Waals surface area contributed by atoms with E-state index in [0.29, 0.717) is 5.92 Å². The molecule has 0 aliphatic heterocycles. The predicted octanol–water partition coefficient (Wildman–Crippen LogP) is 5.68. The molecule has 1 heteroatoms. The second-order valence-corrected chi connectivity index (χ2v) is 7.21. The smallest absolute Gasteiger partial charge is 0.126 e. The first-order valence-corrected chi connectivity index (χ1v) is 7.87. The average Bonchev–Trinajstić information content (AvgIpc) is 2.89. The minimum absolute atomic E-state index is 0.0956. The highest BCUT2D eigenvalue weighted by Crippen LogP contribution is 2.40. The van der Waals surface area contributed by atoms with Gasteiger partial charge in [-0.15, -0.1) is 0 Å². The summed E-state index contributed by atoms with van der Waals surface area (Å²) in [7, 11) is 1.80. The molecule has 1 unspecified atom stereocenters. The van der Waals surface area contributed by atoms with E-state index in [0.717, 1.165) is 18.6 Å². The van der Waals surface area contributed by atoms with Gasteiger partial charge in [-0.1, -0.05) is 69.2 Å². The Morgan fingerprint density at radius 3 is 2.48 bits per heavy atom. The number of hydrogen-bond donors (Lipinski definition) is 0. The highest BCUT2D eigenvalue weighted by Gasteiger charge is 2.24. The maximum absolute atomic E-state index is 5.81. The lowest BCUT2D eigenvalue weighted by molar-refractivity contribution is 0.389. The van der Waals surface area contributed by atoms with E-state index in [9.17, 15) is 0 Å². The van der Waals surface area contributed by atoms with Crippen molar-refractivity contribution in [3.05, 3.63) is 52.6 Å². The minimum atomic E-state index is 0.0956. The zero-order chi connectivity index (χ0) is 15.6. The molecule has 0 aromatic heterocycles. The Kier molecular flexibility index (Phi) is 4.61. The second-order valence-electron chi connectivity index (χ2n) is 7.21. The van der Waals surface area contributed by atoms with Gasteiger partial charge in [-0.3, -0.25) is 0 Å². The molecule has 1 aliphatic rings. The fraction of sp³-hybridized carbons (Fsp3) is 0.500. The SMILES string of the molecule is COc1c(C(C)CC2=CCC=C2)cc(C)cc1C(C)(C)C. The summed E-state index contributed by atoms with van der Waals surface area (Å²) >= 11 is 0. The molecule has 2 rings (SSSR count). The summed E-state index contributed by atoms with van der Waals surface area (Å²) in [6.07, 6.45) is 8.98. The molecular weight excluding hydrogens is 256 g/mol. The Bertz CT molecular complexity index is 570. The topological polar surface area (TPSA) is 9.23 Å². The Labute approximate surface area is 129 Å². The van der Waals surface area contributed by atoms with Crippen molar-refractivity contribution < 1.29 is 4.74 Å². The van der Waals surface area contributed by atoms with Gasteiger partial charge in [0.2, 0.25) is 0 Å². The van der Waals surface area contributed by atoms with E-state index < -0.39 is 0 Å². The fourth-order valence-corrected chi connectivity index (χ4v) is 3.07. The van der Waals surface area contributed by atoms with Crippen LogP contribution in [0.3, 0.4) is 0 Å². The summed E-state index contributed by atoms with van der Waals surface area (Å²) in [4.78, 5) is 0. The van der Waals surface area contributed by atoms with Crippen LogP contribution in [0.2, 0.25) is 0 Å². The third-order valence-corrected chi connectivity index (χ3v) is 4.19. The lowest BCUT2D eigenvalue weighted by Gasteiger charge is -2.27. The van der Waals surface area contributed by atoms with Crippen LogP contribution < -0.4 is 4.74 Å². The molecule has 0 saturated heterocycles. The first kappa shape index (κ1) is 15.9. The molecule has 0 radical (unpaired) electrons. The summed E-state index contributed by atoms with van der Waals surface area (Å²) < 4.78 is 5.81. The van der Waals surface area contributed by atoms with Crippen LogP contribution in [0.5, 0.6) is 5.75 Å². The van der Waals surface area contributed by atoms with Crippen molar-refractivity contribution in [2.24, 2.45) is 0 Å². The summed E-state index contributed by atoms with van der Waals surface area (Å²) in [6.45, 7) is 11.2. The van der Waals surface area contributed by atoms with E-state index in [1.54, 1.807) is 7.11 Å². The van der Waals surface area contributed by atoms with E-state index in [1.807, 2.05) is 0 Å². The van der Waals surface area contributed by atoms with Crippen LogP contribution in [0, 0.1) is 6.92 Å². The molecule has 0 N–H and O–H groups in total. The van der Waals surface area contributed by atoms with Crippen molar-refractivity contribution in [2.45, 2.75) is 58.8 Å². The minimum Gasteiger partial charge on any atom is -0.496 e. The monoisotopic (exact) mass is 284 g/mol. The van der Waals surface area contributed by atoms with Gasteiger partial charge in [0, 0.05) is 5.56 Å². The van der Waals surface area contributed by atoms with Crippen molar-refractivity contribution >= 4 is 0 Å². The fourth-order valence-electron chi connectivity index (χ4n) is 3.07. The number of rotatable bonds is 4. The van der Waals surface area contributed by atoms with Gasteiger partial charge in [-0.2, -0.15) is 0 Å². The van der Waals surface area contributed by atoms with Crippen LogP contribution in [-0.4, -0.2) is 7.11 Å². The molecule has 0 heterocycles. The molecule has 1 aromatic carbocycles. The number of benzene rings is 1. The summed E-state index contributed by atoms with van der Waals surface area (Å²) in [5, 5.41) is 0. The van der Waals surface area contributed by atoms with Gasteiger partial charge in [0.15, 0.2) is 0 Å². The zero-order valence-electron chi connectivity index (χ0n) is 14.3. The molecule has 1 aromatic rings. The van der Waals surface area contributed by atoms with Crippen LogP contribution in [0.1, 0.15) is 63.1 Å². The summed E-state index contributed by atoms with van der Waals surface area (Å²) in [5.74, 6) is 1.54. The Morgan fingerprint density at radius 1 is 1.24 bits per heavy atom. The third kappa shape index (κ3) is 3.58. The maximum atomic E-state index is 5.81. The van der Waals surface area contributed by atoms with Gasteiger partial charge in [-0.25, -0.2) is 0 Å². The molecule has 21 heavy (non-hydrogen) atoms. The number of ether oxygens (including phenoxy) is 1. The predicted molar refractivity (Wildman–Crippen MR) is 91.3 cm³/mol. The van der Waals surface area contributed by atoms with Crippen LogP contribution in [0.4, 0.5) is 0 Å². The van der Waals surface area contributed by atoms with Gasteiger partial charge in [0.05, 0.1) is 7.11 Å². The molecule has 0 bridgehead atoms. The molecule has 0 saturated carbocycles. The first-order chi connectivity index (χ1) is 9.82. The number of hydrogen-bond acceptors (Lipinski definition) is 1. The molecule has 0 fully saturated rings. The quantitative estimate of drug-likeness (QED) is 0.691. The normalized spacial score (nSPS) is 16.0. The standard InChI is InChI=1S/C20H28O/c1-14-11-17(15(2)13-16-9-7-8-10-16)19(21-6)18(12-14)20(3,4)5/h7,9-12,15H,8,13H2,1-6H3. The largest absolute Gasteiger partial charge is 0.496 e. The van der Waals surface area contributed by atoms with Crippen molar-refractivity contribution in [2.75, 3.05) is 7.11 Å². The Morgan fingerprint density at radius 2 is 1.95 bits per heavy atom. The van der Waals surface area contributed by atoms with E-state index in [2.05, 4.69) is 65.0 Å². The van der Waals surface area contributed by atoms with Gasteiger partial charge in [0.1, 0.15) is 5.75 Å². The Hall–Kier alpha value is -1.50. The first-order valence-electron chi connectivity index (χ1n) is 7.87. The molecule has 1 nitrogen and oxygen atoms in total. The van der Waals surface area contributed by atoms with Gasteiger partial charge >= 0.3 is 0 Å². The van der Waals surface area contributed by atoms with E-state index in [-0.39, 0.29) is 5.41 Å². The van der Waals surface area contributed by atoms with Crippen LogP contribution in [0.25, 0.3) is 0 Å². The molecule has 0 amide bonds. The van der Waals surface area contributed by atoms with Crippen LogP contribution in [0.15, 0.2) is 35.9 Å². The van der Waals surface area contributed by atoms with Crippen molar-refractivity contribution in [3.8, 4) is 5.75 Å². The number of aryl methyl sites for hydroxylation is 1.